The van der Waals surface area contributed by atoms with Crippen molar-refractivity contribution in [3.05, 3.63) is 156 Å². The van der Waals surface area contributed by atoms with Crippen LogP contribution in [-0.4, -0.2) is 23.8 Å². The summed E-state index contributed by atoms with van der Waals surface area (Å²) in [5.41, 5.74) is 9.47. The van der Waals surface area contributed by atoms with Gasteiger partial charge in [0.25, 0.3) is 0 Å². The molecular weight excluding hydrogens is 549 g/mol. The van der Waals surface area contributed by atoms with Crippen LogP contribution >= 0.6 is 0 Å². The van der Waals surface area contributed by atoms with E-state index in [1.54, 1.807) is 13.8 Å². The summed E-state index contributed by atoms with van der Waals surface area (Å²) in [7, 11) is 1.85. The van der Waals surface area contributed by atoms with E-state index in [-0.39, 0.29) is 0 Å². The van der Waals surface area contributed by atoms with Gasteiger partial charge in [-0.2, -0.15) is 0 Å². The standard InChI is InChI=1S/C41H35BNO2/c1-39(2,44)40(3,4)45-42-35-22-14-21-33-38(35)30-25-27-15-8-9-16-28(27)26-34(30)41(33)31-19-10-12-23-36(31)43(29-17-6-5-7-18-29)37-24-13-11-20-32(37)41/h5-26,44H,1-4H3. The van der Waals surface area contributed by atoms with Gasteiger partial charge in [0.15, 0.2) is 0 Å². The number of benzene rings is 6. The summed E-state index contributed by atoms with van der Waals surface area (Å²) in [6.45, 7) is 7.45. The van der Waals surface area contributed by atoms with Gasteiger partial charge < -0.3 is 14.7 Å². The van der Waals surface area contributed by atoms with Crippen molar-refractivity contribution >= 4 is 40.8 Å². The molecule has 8 rings (SSSR count). The molecule has 4 heteroatoms. The van der Waals surface area contributed by atoms with Crippen LogP contribution in [0.1, 0.15) is 49.9 Å². The lowest BCUT2D eigenvalue weighted by atomic mass is 9.64. The molecule has 0 aromatic heterocycles. The van der Waals surface area contributed by atoms with Crippen molar-refractivity contribution in [2.45, 2.75) is 44.3 Å². The molecule has 0 bridgehead atoms. The van der Waals surface area contributed by atoms with Gasteiger partial charge in [0.1, 0.15) is 0 Å². The first-order chi connectivity index (χ1) is 21.7. The minimum atomic E-state index is -1.03. The van der Waals surface area contributed by atoms with Crippen molar-refractivity contribution in [3.8, 4) is 11.1 Å². The lowest BCUT2D eigenvalue weighted by Gasteiger charge is -2.45. The van der Waals surface area contributed by atoms with Crippen LogP contribution in [0.25, 0.3) is 21.9 Å². The molecule has 0 atom stereocenters. The quantitative estimate of drug-likeness (QED) is 0.205. The van der Waals surface area contributed by atoms with E-state index in [1.165, 1.54) is 55.5 Å². The average molecular weight is 585 g/mol. The van der Waals surface area contributed by atoms with E-state index in [2.05, 4.69) is 138 Å². The molecule has 0 saturated heterocycles. The van der Waals surface area contributed by atoms with Crippen LogP contribution in [-0.2, 0) is 10.1 Å². The molecule has 1 radical (unpaired) electrons. The lowest BCUT2D eigenvalue weighted by molar-refractivity contribution is -0.0893. The Balaban J connectivity index is 1.46. The number of anilines is 3. The third kappa shape index (κ3) is 3.99. The van der Waals surface area contributed by atoms with Gasteiger partial charge in [0, 0.05) is 5.69 Å². The molecule has 45 heavy (non-hydrogen) atoms. The normalized spacial score (nSPS) is 14.6. The molecule has 2 aliphatic rings. The fraction of sp³-hybridized carbons (Fsp3) is 0.171. The first-order valence-electron chi connectivity index (χ1n) is 15.7. The fourth-order valence-corrected chi connectivity index (χ4v) is 7.22. The highest BCUT2D eigenvalue weighted by Crippen LogP contribution is 2.63. The molecule has 1 spiro atoms. The van der Waals surface area contributed by atoms with Gasteiger partial charge in [-0.15, -0.1) is 0 Å². The summed E-state index contributed by atoms with van der Waals surface area (Å²) < 4.78 is 6.41. The Morgan fingerprint density at radius 3 is 1.80 bits per heavy atom. The molecule has 0 unspecified atom stereocenters. The van der Waals surface area contributed by atoms with Crippen LogP contribution in [0, 0.1) is 0 Å². The Labute approximate surface area is 266 Å². The van der Waals surface area contributed by atoms with Crippen molar-refractivity contribution in [2.75, 3.05) is 4.90 Å². The number of para-hydroxylation sites is 3. The van der Waals surface area contributed by atoms with Crippen molar-refractivity contribution in [3.63, 3.8) is 0 Å². The smallest absolute Gasteiger partial charge is 0.331 e. The molecule has 3 nitrogen and oxygen atoms in total. The first kappa shape index (κ1) is 27.9. The van der Waals surface area contributed by atoms with Gasteiger partial charge in [-0.3, -0.25) is 0 Å². The van der Waals surface area contributed by atoms with Crippen LogP contribution in [0.4, 0.5) is 17.1 Å². The summed E-state index contributed by atoms with van der Waals surface area (Å²) in [6, 6.07) is 48.4. The average Bonchev–Trinajstić information content (AvgIpc) is 3.33. The van der Waals surface area contributed by atoms with Crippen LogP contribution in [0.15, 0.2) is 133 Å². The largest absolute Gasteiger partial charge is 0.427 e. The molecule has 1 aliphatic carbocycles. The summed E-state index contributed by atoms with van der Waals surface area (Å²) >= 11 is 0. The molecule has 0 amide bonds. The minimum absolute atomic E-state index is 0.553. The van der Waals surface area contributed by atoms with E-state index in [0.717, 1.165) is 11.2 Å². The molecule has 1 heterocycles. The number of fused-ring (bicyclic) bond motifs is 10. The maximum Gasteiger partial charge on any atom is 0.331 e. The highest BCUT2D eigenvalue weighted by atomic mass is 16.5. The zero-order chi connectivity index (χ0) is 31.0. The Morgan fingerprint density at radius 2 is 1.16 bits per heavy atom. The molecular formula is C41H35BNO2. The van der Waals surface area contributed by atoms with E-state index < -0.39 is 16.6 Å². The third-order valence-corrected chi connectivity index (χ3v) is 10.1. The van der Waals surface area contributed by atoms with Crippen molar-refractivity contribution in [2.24, 2.45) is 0 Å². The number of hydrogen-bond acceptors (Lipinski definition) is 3. The molecule has 6 aromatic rings. The van der Waals surface area contributed by atoms with Crippen molar-refractivity contribution in [1.82, 2.24) is 0 Å². The Kier molecular flexibility index (Phi) is 6.16. The lowest BCUT2D eigenvalue weighted by Crippen LogP contribution is -2.49. The number of nitrogens with zero attached hydrogens (tertiary/aromatic N) is 1. The Morgan fingerprint density at radius 1 is 0.600 bits per heavy atom. The van der Waals surface area contributed by atoms with Crippen LogP contribution in [0.2, 0.25) is 0 Å². The van der Waals surface area contributed by atoms with Gasteiger partial charge in [0.05, 0.1) is 28.0 Å². The van der Waals surface area contributed by atoms with Crippen molar-refractivity contribution < 1.29 is 9.76 Å². The maximum absolute atomic E-state index is 10.9. The Hall–Kier alpha value is -4.64. The molecule has 6 aromatic carbocycles. The predicted octanol–water partition coefficient (Wildman–Crippen LogP) is 8.80. The summed E-state index contributed by atoms with van der Waals surface area (Å²) in [4.78, 5) is 2.40. The summed E-state index contributed by atoms with van der Waals surface area (Å²) in [5.74, 6) is 0. The van der Waals surface area contributed by atoms with E-state index >= 15 is 0 Å². The van der Waals surface area contributed by atoms with Crippen LogP contribution in [0.3, 0.4) is 0 Å². The monoisotopic (exact) mass is 584 g/mol. The second-order valence-corrected chi connectivity index (χ2v) is 13.3. The van der Waals surface area contributed by atoms with Gasteiger partial charge in [-0.05, 0) is 114 Å². The predicted molar refractivity (Wildman–Crippen MR) is 186 cm³/mol. The zero-order valence-corrected chi connectivity index (χ0v) is 26.1. The van der Waals surface area contributed by atoms with Gasteiger partial charge in [-0.25, -0.2) is 0 Å². The van der Waals surface area contributed by atoms with E-state index in [0.29, 0.717) is 0 Å². The number of rotatable bonds is 5. The highest BCUT2D eigenvalue weighted by Gasteiger charge is 2.52. The first-order valence-corrected chi connectivity index (χ1v) is 15.7. The second kappa shape index (κ2) is 9.94. The molecule has 0 saturated carbocycles. The second-order valence-electron chi connectivity index (χ2n) is 13.3. The van der Waals surface area contributed by atoms with E-state index in [4.69, 9.17) is 4.65 Å². The van der Waals surface area contributed by atoms with Gasteiger partial charge in [0.2, 0.25) is 0 Å². The highest BCUT2D eigenvalue weighted by molar-refractivity contribution is 6.50. The third-order valence-electron chi connectivity index (χ3n) is 10.1. The summed E-state index contributed by atoms with van der Waals surface area (Å²) in [5, 5.41) is 13.3. The zero-order valence-electron chi connectivity index (χ0n) is 26.1. The minimum Gasteiger partial charge on any atom is -0.427 e. The van der Waals surface area contributed by atoms with E-state index in [1.807, 2.05) is 21.3 Å². The Bertz CT molecular complexity index is 2050. The molecule has 1 N–H and O–H groups in total. The molecule has 219 valence electrons. The number of hydrogen-bond donors (Lipinski definition) is 1. The van der Waals surface area contributed by atoms with Crippen molar-refractivity contribution in [1.29, 1.82) is 0 Å². The molecule has 0 fully saturated rings. The SMILES string of the molecule is CC(C)(O)C(C)(C)O[B]c1cccc2c1-c1cc3ccccc3cc1C21c2ccccc2N(c2ccccc2)c2ccccc21. The maximum atomic E-state index is 10.9. The topological polar surface area (TPSA) is 32.7 Å². The van der Waals surface area contributed by atoms with Gasteiger partial charge >= 0.3 is 7.48 Å². The number of aliphatic hydroxyl groups is 1. The van der Waals surface area contributed by atoms with E-state index in [9.17, 15) is 5.11 Å². The fourth-order valence-electron chi connectivity index (χ4n) is 7.22. The van der Waals surface area contributed by atoms with Crippen LogP contribution < -0.4 is 10.4 Å². The summed E-state index contributed by atoms with van der Waals surface area (Å²) in [6.07, 6.45) is 0. The van der Waals surface area contributed by atoms with Crippen LogP contribution in [0.5, 0.6) is 0 Å². The molecule has 1 aliphatic heterocycles. The van der Waals surface area contributed by atoms with Gasteiger partial charge in [-0.1, -0.05) is 97.1 Å².